The fourth-order valence-electron chi connectivity index (χ4n) is 4.24. The molecule has 4 rings (SSSR count). The van der Waals surface area contributed by atoms with E-state index in [-0.39, 0.29) is 35.7 Å². The molecular formula is C28H30N2O6. The van der Waals surface area contributed by atoms with Crippen LogP contribution in [0.15, 0.2) is 71.4 Å². The highest BCUT2D eigenvalue weighted by atomic mass is 16.5. The predicted molar refractivity (Wildman–Crippen MR) is 134 cm³/mol. The van der Waals surface area contributed by atoms with Crippen molar-refractivity contribution >= 4 is 23.9 Å². The smallest absolute Gasteiger partial charge is 0.340 e. The molecule has 0 radical (unpaired) electrons. The van der Waals surface area contributed by atoms with Crippen LogP contribution in [0.1, 0.15) is 30.9 Å². The standard InChI is InChI=1S/C28H30N2O6/c1-19-26(28(33)34-2)24(27(32)30(19)17-21-7-4-3-5-8-21)15-20-10-12-22(13-11-20)36-18-25(31)29-16-23-9-6-14-35-23/h3-5,7-8,10-13,15,23H,6,9,14,16-18H2,1-2H3,(H,29,31)/b24-15-. The van der Waals surface area contributed by atoms with Crippen molar-refractivity contribution in [3.8, 4) is 5.75 Å². The third-order valence-electron chi connectivity index (χ3n) is 6.20. The van der Waals surface area contributed by atoms with Gasteiger partial charge in [0.25, 0.3) is 11.8 Å². The molecule has 2 amide bonds. The van der Waals surface area contributed by atoms with Crippen molar-refractivity contribution in [2.24, 2.45) is 0 Å². The third-order valence-corrected chi connectivity index (χ3v) is 6.20. The summed E-state index contributed by atoms with van der Waals surface area (Å²) < 4.78 is 16.0. The molecule has 8 heteroatoms. The van der Waals surface area contributed by atoms with Crippen LogP contribution in [0, 0.1) is 0 Å². The van der Waals surface area contributed by atoms with Gasteiger partial charge in [0.1, 0.15) is 5.75 Å². The van der Waals surface area contributed by atoms with Gasteiger partial charge < -0.3 is 24.4 Å². The zero-order chi connectivity index (χ0) is 25.5. The SMILES string of the molecule is COC(=O)C1=C(C)N(Cc2ccccc2)C(=O)/C1=C\c1ccc(OCC(=O)NCC2CCCO2)cc1. The maximum atomic E-state index is 13.3. The van der Waals surface area contributed by atoms with Gasteiger partial charge in [-0.3, -0.25) is 9.59 Å². The van der Waals surface area contributed by atoms with Gasteiger partial charge in [0, 0.05) is 18.8 Å². The van der Waals surface area contributed by atoms with Gasteiger partial charge in [-0.25, -0.2) is 4.79 Å². The summed E-state index contributed by atoms with van der Waals surface area (Å²) in [6, 6.07) is 16.6. The van der Waals surface area contributed by atoms with Crippen LogP contribution in [-0.2, 0) is 30.4 Å². The summed E-state index contributed by atoms with van der Waals surface area (Å²) in [4.78, 5) is 39.4. The van der Waals surface area contributed by atoms with Crippen molar-refractivity contribution in [3.63, 3.8) is 0 Å². The third kappa shape index (κ3) is 6.01. The normalized spacial score (nSPS) is 18.6. The van der Waals surface area contributed by atoms with E-state index in [1.165, 1.54) is 7.11 Å². The van der Waals surface area contributed by atoms with Crippen LogP contribution >= 0.6 is 0 Å². The van der Waals surface area contributed by atoms with Crippen molar-refractivity contribution in [2.45, 2.75) is 32.4 Å². The van der Waals surface area contributed by atoms with E-state index in [9.17, 15) is 14.4 Å². The second-order valence-corrected chi connectivity index (χ2v) is 8.68. The summed E-state index contributed by atoms with van der Waals surface area (Å²) >= 11 is 0. The van der Waals surface area contributed by atoms with Gasteiger partial charge in [0.2, 0.25) is 0 Å². The number of hydrogen-bond acceptors (Lipinski definition) is 6. The molecule has 36 heavy (non-hydrogen) atoms. The first-order valence-corrected chi connectivity index (χ1v) is 11.9. The van der Waals surface area contributed by atoms with Crippen LogP contribution in [-0.4, -0.2) is 55.7 Å². The summed E-state index contributed by atoms with van der Waals surface area (Å²) in [5.74, 6) is -0.514. The first-order valence-electron chi connectivity index (χ1n) is 11.9. The molecule has 0 spiro atoms. The second-order valence-electron chi connectivity index (χ2n) is 8.68. The highest BCUT2D eigenvalue weighted by Crippen LogP contribution is 2.33. The number of nitrogens with one attached hydrogen (secondary N) is 1. The summed E-state index contributed by atoms with van der Waals surface area (Å²) in [7, 11) is 1.30. The Hall–Kier alpha value is -3.91. The minimum absolute atomic E-state index is 0.0794. The van der Waals surface area contributed by atoms with E-state index in [1.54, 1.807) is 42.2 Å². The molecule has 1 saturated heterocycles. The molecule has 1 N–H and O–H groups in total. The zero-order valence-corrected chi connectivity index (χ0v) is 20.5. The van der Waals surface area contributed by atoms with Crippen LogP contribution in [0.5, 0.6) is 5.75 Å². The summed E-state index contributed by atoms with van der Waals surface area (Å²) in [5, 5.41) is 2.82. The Labute approximate surface area is 210 Å². The van der Waals surface area contributed by atoms with Crippen LogP contribution in [0.25, 0.3) is 6.08 Å². The number of benzene rings is 2. The number of methoxy groups -OCH3 is 1. The average molecular weight is 491 g/mol. The first kappa shape index (κ1) is 25.2. The van der Waals surface area contributed by atoms with Gasteiger partial charge >= 0.3 is 5.97 Å². The molecule has 0 aromatic heterocycles. The largest absolute Gasteiger partial charge is 0.484 e. The number of hydrogen-bond donors (Lipinski definition) is 1. The predicted octanol–water partition coefficient (Wildman–Crippen LogP) is 3.23. The Morgan fingerprint density at radius 2 is 1.89 bits per heavy atom. The molecule has 1 atom stereocenters. The molecule has 0 saturated carbocycles. The fourth-order valence-corrected chi connectivity index (χ4v) is 4.24. The number of nitrogens with zero attached hydrogens (tertiary/aromatic N) is 1. The van der Waals surface area contributed by atoms with Crippen LogP contribution in [0.2, 0.25) is 0 Å². The lowest BCUT2D eigenvalue weighted by atomic mass is 10.0. The first-order chi connectivity index (χ1) is 17.5. The Morgan fingerprint density at radius 1 is 1.14 bits per heavy atom. The molecule has 1 unspecified atom stereocenters. The molecule has 188 valence electrons. The number of esters is 1. The Bertz CT molecular complexity index is 1160. The molecule has 0 bridgehead atoms. The summed E-state index contributed by atoms with van der Waals surface area (Å²) in [6.07, 6.45) is 3.72. The van der Waals surface area contributed by atoms with Crippen LogP contribution in [0.3, 0.4) is 0 Å². The molecule has 0 aliphatic carbocycles. The Morgan fingerprint density at radius 3 is 2.56 bits per heavy atom. The number of carbonyl (C=O) groups excluding carboxylic acids is 3. The molecule has 2 aromatic carbocycles. The van der Waals surface area contributed by atoms with Crippen molar-refractivity contribution < 1.29 is 28.6 Å². The van der Waals surface area contributed by atoms with E-state index in [2.05, 4.69) is 5.32 Å². The molecule has 8 nitrogen and oxygen atoms in total. The van der Waals surface area contributed by atoms with E-state index in [0.717, 1.165) is 25.0 Å². The van der Waals surface area contributed by atoms with Crippen LogP contribution < -0.4 is 10.1 Å². The number of carbonyl (C=O) groups is 3. The van der Waals surface area contributed by atoms with E-state index in [1.807, 2.05) is 30.3 Å². The molecule has 2 heterocycles. The van der Waals surface area contributed by atoms with Crippen molar-refractivity contribution in [2.75, 3.05) is 26.9 Å². The van der Waals surface area contributed by atoms with E-state index >= 15 is 0 Å². The Balaban J connectivity index is 1.43. The highest BCUT2D eigenvalue weighted by molar-refractivity contribution is 6.16. The average Bonchev–Trinajstić information content (AvgIpc) is 3.50. The topological polar surface area (TPSA) is 94.2 Å². The van der Waals surface area contributed by atoms with Crippen molar-refractivity contribution in [1.82, 2.24) is 10.2 Å². The molecule has 2 aliphatic heterocycles. The molecule has 1 fully saturated rings. The lowest BCUT2D eigenvalue weighted by Gasteiger charge is -2.17. The van der Waals surface area contributed by atoms with Gasteiger partial charge in [-0.15, -0.1) is 0 Å². The van der Waals surface area contributed by atoms with E-state index in [4.69, 9.17) is 14.2 Å². The van der Waals surface area contributed by atoms with E-state index in [0.29, 0.717) is 30.1 Å². The minimum Gasteiger partial charge on any atom is -0.484 e. The molecular weight excluding hydrogens is 460 g/mol. The second kappa shape index (κ2) is 11.7. The number of amides is 2. The van der Waals surface area contributed by atoms with Gasteiger partial charge in [-0.05, 0) is 49.1 Å². The van der Waals surface area contributed by atoms with Gasteiger partial charge in [-0.2, -0.15) is 0 Å². The van der Waals surface area contributed by atoms with Crippen molar-refractivity contribution in [3.05, 3.63) is 82.6 Å². The van der Waals surface area contributed by atoms with Crippen molar-refractivity contribution in [1.29, 1.82) is 0 Å². The highest BCUT2D eigenvalue weighted by Gasteiger charge is 2.36. The minimum atomic E-state index is -0.559. The number of ether oxygens (including phenoxy) is 3. The van der Waals surface area contributed by atoms with Gasteiger partial charge in [-0.1, -0.05) is 42.5 Å². The summed E-state index contributed by atoms with van der Waals surface area (Å²) in [6.45, 7) is 3.22. The molecule has 2 aliphatic rings. The summed E-state index contributed by atoms with van der Waals surface area (Å²) in [5.41, 5.74) is 2.75. The van der Waals surface area contributed by atoms with E-state index < -0.39 is 5.97 Å². The quantitative estimate of drug-likeness (QED) is 0.429. The van der Waals surface area contributed by atoms with Crippen LogP contribution in [0.4, 0.5) is 0 Å². The lowest BCUT2D eigenvalue weighted by molar-refractivity contribution is -0.136. The lowest BCUT2D eigenvalue weighted by Crippen LogP contribution is -2.35. The fraction of sp³-hybridized carbons (Fsp3) is 0.321. The molecule has 2 aromatic rings. The van der Waals surface area contributed by atoms with Gasteiger partial charge in [0.05, 0.1) is 30.9 Å². The number of allylic oxidation sites excluding steroid dienone is 1. The number of rotatable bonds is 9. The zero-order valence-electron chi connectivity index (χ0n) is 20.5. The maximum Gasteiger partial charge on any atom is 0.340 e. The Kier molecular flexibility index (Phi) is 8.17. The maximum absolute atomic E-state index is 13.3. The monoisotopic (exact) mass is 490 g/mol. The van der Waals surface area contributed by atoms with Gasteiger partial charge in [0.15, 0.2) is 6.61 Å².